The summed E-state index contributed by atoms with van der Waals surface area (Å²) in [6, 6.07) is 1.58. The monoisotopic (exact) mass is 363 g/mol. The van der Waals surface area contributed by atoms with Crippen molar-refractivity contribution in [2.75, 3.05) is 6.67 Å². The lowest BCUT2D eigenvalue weighted by atomic mass is 9.91. The Bertz CT molecular complexity index is 703. The molecule has 1 aromatic heterocycles. The number of hydrogen-bond acceptors (Lipinski definition) is 4. The van der Waals surface area contributed by atoms with Gasteiger partial charge in [0.1, 0.15) is 24.2 Å². The number of aromatic nitrogens is 1. The van der Waals surface area contributed by atoms with Crippen molar-refractivity contribution in [1.29, 1.82) is 0 Å². The quantitative estimate of drug-likeness (QED) is 0.705. The minimum absolute atomic E-state index is 0.0891. The first-order valence-electron chi connectivity index (χ1n) is 9.15. The fraction of sp³-hybridized carbons (Fsp3) is 0.632. The van der Waals surface area contributed by atoms with Crippen LogP contribution in [0.4, 0.5) is 4.39 Å². The molecule has 3 N–H and O–H groups in total. The molecule has 0 radical (unpaired) electrons. The summed E-state index contributed by atoms with van der Waals surface area (Å²) >= 11 is 0. The second-order valence-electron chi connectivity index (χ2n) is 7.75. The Kier molecular flexibility index (Phi) is 5.16. The van der Waals surface area contributed by atoms with Gasteiger partial charge in [-0.05, 0) is 51.4 Å². The van der Waals surface area contributed by atoms with Crippen molar-refractivity contribution in [3.8, 4) is 5.75 Å². The summed E-state index contributed by atoms with van der Waals surface area (Å²) in [4.78, 5) is 28.4. The number of nitrogens with zero attached hydrogens (tertiary/aromatic N) is 1. The fourth-order valence-corrected chi connectivity index (χ4v) is 3.32. The fourth-order valence-electron chi connectivity index (χ4n) is 3.32. The lowest BCUT2D eigenvalue weighted by Crippen LogP contribution is -2.50. The van der Waals surface area contributed by atoms with Crippen LogP contribution in [-0.2, 0) is 4.79 Å². The normalized spacial score (nSPS) is 20.1. The first kappa shape index (κ1) is 18.6. The zero-order chi connectivity index (χ0) is 18.9. The summed E-state index contributed by atoms with van der Waals surface area (Å²) < 4.78 is 18.5. The topological polar surface area (TPSA) is 94.3 Å². The van der Waals surface area contributed by atoms with E-state index >= 15 is 0 Å². The maximum atomic E-state index is 12.9. The van der Waals surface area contributed by atoms with Gasteiger partial charge in [-0.25, -0.2) is 4.39 Å². The molecule has 2 amide bonds. The number of primary amides is 1. The van der Waals surface area contributed by atoms with Gasteiger partial charge in [0.2, 0.25) is 5.91 Å². The van der Waals surface area contributed by atoms with Gasteiger partial charge in [0.15, 0.2) is 0 Å². The zero-order valence-electron chi connectivity index (χ0n) is 15.3. The SMILES string of the molecule is C[C@H](CF)Oc1cc(C(=O)N[C@@](C)(CC(N)=O)C2CC2)ncc1C1CC1. The molecule has 6 nitrogen and oxygen atoms in total. The van der Waals surface area contributed by atoms with Crippen molar-refractivity contribution >= 4 is 11.8 Å². The van der Waals surface area contributed by atoms with E-state index in [0.29, 0.717) is 11.7 Å². The highest BCUT2D eigenvalue weighted by molar-refractivity contribution is 5.93. The van der Waals surface area contributed by atoms with E-state index in [1.54, 1.807) is 19.2 Å². The third-order valence-corrected chi connectivity index (χ3v) is 5.11. The Morgan fingerprint density at radius 3 is 2.65 bits per heavy atom. The van der Waals surface area contributed by atoms with Crippen LogP contribution >= 0.6 is 0 Å². The molecule has 0 bridgehead atoms. The second-order valence-corrected chi connectivity index (χ2v) is 7.75. The number of pyridine rings is 1. The lowest BCUT2D eigenvalue weighted by Gasteiger charge is -2.29. The van der Waals surface area contributed by atoms with Gasteiger partial charge in [-0.2, -0.15) is 0 Å². The van der Waals surface area contributed by atoms with Gasteiger partial charge in [0, 0.05) is 29.8 Å². The molecular formula is C19H26FN3O3. The van der Waals surface area contributed by atoms with E-state index in [1.807, 2.05) is 6.92 Å². The van der Waals surface area contributed by atoms with Crippen molar-refractivity contribution < 1.29 is 18.7 Å². The van der Waals surface area contributed by atoms with Crippen molar-refractivity contribution in [2.24, 2.45) is 11.7 Å². The van der Waals surface area contributed by atoms with Crippen molar-refractivity contribution in [1.82, 2.24) is 10.3 Å². The number of nitrogens with two attached hydrogens (primary N) is 1. The molecule has 0 aliphatic heterocycles. The van der Waals surface area contributed by atoms with Crippen molar-refractivity contribution in [2.45, 2.75) is 63.5 Å². The number of carbonyl (C=O) groups excluding carboxylic acids is 2. The Morgan fingerprint density at radius 1 is 1.42 bits per heavy atom. The van der Waals surface area contributed by atoms with Crippen LogP contribution in [-0.4, -0.2) is 35.1 Å². The predicted octanol–water partition coefficient (Wildman–Crippen LogP) is 2.47. The number of alkyl halides is 1. The second kappa shape index (κ2) is 7.21. The molecular weight excluding hydrogens is 337 g/mol. The number of halogens is 1. The highest BCUT2D eigenvalue weighted by atomic mass is 19.1. The highest BCUT2D eigenvalue weighted by Gasteiger charge is 2.44. The highest BCUT2D eigenvalue weighted by Crippen LogP contribution is 2.44. The molecule has 142 valence electrons. The summed E-state index contributed by atoms with van der Waals surface area (Å²) in [6.45, 7) is 2.88. The number of nitrogens with one attached hydrogen (secondary N) is 1. The van der Waals surface area contributed by atoms with Gasteiger partial charge in [-0.1, -0.05) is 0 Å². The minimum Gasteiger partial charge on any atom is -0.488 e. The molecule has 2 fully saturated rings. The first-order valence-corrected chi connectivity index (χ1v) is 9.15. The Balaban J connectivity index is 1.80. The van der Waals surface area contributed by atoms with E-state index in [2.05, 4.69) is 10.3 Å². The molecule has 2 aliphatic carbocycles. The van der Waals surface area contributed by atoms with Gasteiger partial charge in [0.05, 0.1) is 0 Å². The van der Waals surface area contributed by atoms with E-state index in [4.69, 9.17) is 10.5 Å². The van der Waals surface area contributed by atoms with Crippen LogP contribution in [0, 0.1) is 5.92 Å². The molecule has 0 saturated heterocycles. The average molecular weight is 363 g/mol. The molecule has 0 unspecified atom stereocenters. The van der Waals surface area contributed by atoms with Crippen molar-refractivity contribution in [3.05, 3.63) is 23.5 Å². The van der Waals surface area contributed by atoms with Gasteiger partial charge < -0.3 is 15.8 Å². The average Bonchev–Trinajstić information content (AvgIpc) is 3.46. The summed E-state index contributed by atoms with van der Waals surface area (Å²) in [5, 5.41) is 2.93. The molecule has 2 aliphatic rings. The van der Waals surface area contributed by atoms with Gasteiger partial charge in [0.25, 0.3) is 5.91 Å². The van der Waals surface area contributed by atoms with Crippen LogP contribution in [0.3, 0.4) is 0 Å². The Labute approximate surface area is 152 Å². The van der Waals surface area contributed by atoms with Gasteiger partial charge >= 0.3 is 0 Å². The molecule has 7 heteroatoms. The number of carbonyl (C=O) groups is 2. The minimum atomic E-state index is -0.674. The lowest BCUT2D eigenvalue weighted by molar-refractivity contribution is -0.119. The Morgan fingerprint density at radius 2 is 2.12 bits per heavy atom. The molecule has 26 heavy (non-hydrogen) atoms. The standard InChI is InChI=1S/C19H26FN3O3/c1-11(9-20)26-16-7-15(22-10-14(16)12-3-4-12)18(25)23-19(2,8-17(21)24)13-5-6-13/h7,10-13H,3-6,8-9H2,1-2H3,(H2,21,24)(H,23,25)/t11-,19+/m1/s1. The van der Waals surface area contributed by atoms with E-state index in [0.717, 1.165) is 31.2 Å². The molecule has 2 atom stereocenters. The summed E-state index contributed by atoms with van der Waals surface area (Å²) in [5.41, 5.74) is 5.80. The van der Waals surface area contributed by atoms with Crippen LogP contribution in [0.15, 0.2) is 12.3 Å². The summed E-state index contributed by atoms with van der Waals surface area (Å²) in [5.74, 6) is 0.305. The molecule has 0 spiro atoms. The van der Waals surface area contributed by atoms with Crippen LogP contribution in [0.25, 0.3) is 0 Å². The van der Waals surface area contributed by atoms with Crippen LogP contribution < -0.4 is 15.8 Å². The molecule has 1 heterocycles. The van der Waals surface area contributed by atoms with E-state index in [1.165, 1.54) is 0 Å². The van der Waals surface area contributed by atoms with Gasteiger partial charge in [-0.15, -0.1) is 0 Å². The summed E-state index contributed by atoms with van der Waals surface area (Å²) in [6.07, 6.45) is 5.16. The van der Waals surface area contributed by atoms with Crippen LogP contribution in [0.1, 0.15) is 67.9 Å². The Hall–Kier alpha value is -2.18. The van der Waals surface area contributed by atoms with Crippen LogP contribution in [0.2, 0.25) is 0 Å². The maximum absolute atomic E-state index is 12.9. The molecule has 3 rings (SSSR count). The smallest absolute Gasteiger partial charge is 0.270 e. The number of rotatable bonds is 9. The largest absolute Gasteiger partial charge is 0.488 e. The van der Waals surface area contributed by atoms with Crippen molar-refractivity contribution in [3.63, 3.8) is 0 Å². The molecule has 0 aromatic carbocycles. The third kappa shape index (κ3) is 4.31. The van der Waals surface area contributed by atoms with E-state index in [-0.39, 0.29) is 23.9 Å². The van der Waals surface area contributed by atoms with E-state index in [9.17, 15) is 14.0 Å². The maximum Gasteiger partial charge on any atom is 0.270 e. The van der Waals surface area contributed by atoms with Crippen LogP contribution in [0.5, 0.6) is 5.75 Å². The molecule has 2 saturated carbocycles. The third-order valence-electron chi connectivity index (χ3n) is 5.11. The zero-order valence-corrected chi connectivity index (χ0v) is 15.3. The van der Waals surface area contributed by atoms with E-state index < -0.39 is 24.2 Å². The number of ether oxygens (including phenoxy) is 1. The molecule has 1 aromatic rings. The van der Waals surface area contributed by atoms with Gasteiger partial charge in [-0.3, -0.25) is 14.6 Å². The predicted molar refractivity (Wildman–Crippen MR) is 94.7 cm³/mol. The first-order chi connectivity index (χ1) is 12.3. The number of amides is 2. The summed E-state index contributed by atoms with van der Waals surface area (Å²) in [7, 11) is 0. The number of hydrogen-bond donors (Lipinski definition) is 2.